The molecule has 2 aromatic carbocycles. The van der Waals surface area contributed by atoms with Gasteiger partial charge in [0.1, 0.15) is 17.4 Å². The van der Waals surface area contributed by atoms with E-state index in [9.17, 15) is 9.59 Å². The van der Waals surface area contributed by atoms with Crippen LogP contribution < -0.4 is 10.1 Å². The summed E-state index contributed by atoms with van der Waals surface area (Å²) in [5, 5.41) is 12.9. The largest absolute Gasteiger partial charge is 0.489 e. The molecule has 2 aliphatic heterocycles. The highest BCUT2D eigenvalue weighted by molar-refractivity contribution is 6.30. The third kappa shape index (κ3) is 5.32. The number of aromatic carboxylic acids is 1. The highest BCUT2D eigenvalue weighted by atomic mass is 35.5. The van der Waals surface area contributed by atoms with E-state index in [0.717, 1.165) is 24.3 Å². The van der Waals surface area contributed by atoms with Crippen molar-refractivity contribution >= 4 is 23.5 Å². The third-order valence-electron chi connectivity index (χ3n) is 6.60. The number of carboxylic acid groups (broad SMARTS) is 1. The van der Waals surface area contributed by atoms with Crippen molar-refractivity contribution in [3.05, 3.63) is 64.7 Å². The predicted molar refractivity (Wildman–Crippen MR) is 125 cm³/mol. The van der Waals surface area contributed by atoms with Crippen molar-refractivity contribution in [2.24, 2.45) is 0 Å². The molecule has 0 aromatic heterocycles. The zero-order valence-electron chi connectivity index (χ0n) is 18.6. The Morgan fingerprint density at radius 2 is 1.94 bits per heavy atom. The maximum atomic E-state index is 13.6. The average Bonchev–Trinajstić information content (AvgIpc) is 3.28. The fraction of sp³-hybridized carbons (Fsp3) is 0.440. The van der Waals surface area contributed by atoms with Crippen molar-refractivity contribution in [2.75, 3.05) is 26.3 Å². The molecule has 176 valence electrons. The molecule has 7 nitrogen and oxygen atoms in total. The zero-order chi connectivity index (χ0) is 23.4. The van der Waals surface area contributed by atoms with E-state index in [2.05, 4.69) is 10.2 Å². The van der Waals surface area contributed by atoms with Gasteiger partial charge >= 0.3 is 5.97 Å². The second-order valence-electron chi connectivity index (χ2n) is 8.70. The van der Waals surface area contributed by atoms with Gasteiger partial charge in [0.15, 0.2) is 0 Å². The van der Waals surface area contributed by atoms with Gasteiger partial charge < -0.3 is 19.9 Å². The quantitative estimate of drug-likeness (QED) is 0.635. The molecular formula is C25H29ClN2O5. The number of nitrogens with zero attached hydrogens (tertiary/aromatic N) is 1. The molecule has 2 aromatic rings. The van der Waals surface area contributed by atoms with Crippen molar-refractivity contribution in [3.8, 4) is 5.75 Å². The summed E-state index contributed by atoms with van der Waals surface area (Å²) in [4.78, 5) is 27.0. The van der Waals surface area contributed by atoms with Gasteiger partial charge in [0, 0.05) is 31.3 Å². The predicted octanol–water partition coefficient (Wildman–Crippen LogP) is 3.92. The number of benzene rings is 2. The van der Waals surface area contributed by atoms with Crippen LogP contribution in [0.1, 0.15) is 48.1 Å². The first-order valence-corrected chi connectivity index (χ1v) is 11.6. The highest BCUT2D eigenvalue weighted by Gasteiger charge is 2.48. The Morgan fingerprint density at radius 1 is 1.21 bits per heavy atom. The first kappa shape index (κ1) is 23.5. The number of rotatable bonds is 7. The van der Waals surface area contributed by atoms with Crippen LogP contribution in [0.15, 0.2) is 48.5 Å². The Hall–Kier alpha value is -2.61. The van der Waals surface area contributed by atoms with Crippen molar-refractivity contribution in [1.82, 2.24) is 10.2 Å². The Morgan fingerprint density at radius 3 is 2.61 bits per heavy atom. The molecule has 1 amide bonds. The van der Waals surface area contributed by atoms with Gasteiger partial charge in [-0.1, -0.05) is 29.8 Å². The number of ether oxygens (including phenoxy) is 2. The van der Waals surface area contributed by atoms with E-state index in [-0.39, 0.29) is 23.6 Å². The minimum atomic E-state index is -0.969. The van der Waals surface area contributed by atoms with Crippen molar-refractivity contribution in [1.29, 1.82) is 0 Å². The van der Waals surface area contributed by atoms with Gasteiger partial charge in [-0.3, -0.25) is 9.69 Å². The molecule has 0 aliphatic carbocycles. The lowest BCUT2D eigenvalue weighted by Crippen LogP contribution is -2.61. The van der Waals surface area contributed by atoms with Gasteiger partial charge in [-0.25, -0.2) is 4.79 Å². The van der Waals surface area contributed by atoms with Crippen LogP contribution >= 0.6 is 11.6 Å². The van der Waals surface area contributed by atoms with Crippen LogP contribution in [0, 0.1) is 0 Å². The van der Waals surface area contributed by atoms with Gasteiger partial charge in [-0.05, 0) is 62.1 Å². The number of halogens is 1. The number of carbonyl (C=O) groups excluding carboxylic acids is 1. The number of hydrogen-bond acceptors (Lipinski definition) is 5. The van der Waals surface area contributed by atoms with Gasteiger partial charge in [-0.2, -0.15) is 0 Å². The van der Waals surface area contributed by atoms with E-state index in [4.69, 9.17) is 26.2 Å². The maximum absolute atomic E-state index is 13.6. The first-order chi connectivity index (χ1) is 15.9. The van der Waals surface area contributed by atoms with E-state index >= 15 is 0 Å². The van der Waals surface area contributed by atoms with E-state index in [1.165, 1.54) is 0 Å². The van der Waals surface area contributed by atoms with Crippen LogP contribution in [0.25, 0.3) is 0 Å². The van der Waals surface area contributed by atoms with Crippen molar-refractivity contribution < 1.29 is 24.2 Å². The topological polar surface area (TPSA) is 88.1 Å². The lowest BCUT2D eigenvalue weighted by molar-refractivity contribution is -0.140. The molecule has 2 saturated heterocycles. The third-order valence-corrected chi connectivity index (χ3v) is 6.83. The minimum Gasteiger partial charge on any atom is -0.489 e. The lowest BCUT2D eigenvalue weighted by atomic mass is 9.86. The van der Waals surface area contributed by atoms with Gasteiger partial charge in [0.05, 0.1) is 11.6 Å². The standard InChI is InChI=1S/C25H29ClN2O5/c1-17(18-5-7-19(8-6-18)23(29)30)27-24(31)25(10-13-32-14-11-25)28-12-9-22(16-28)33-21-4-2-3-20(26)15-21/h2-8,15,17,22H,9-14,16H2,1H3,(H,27,31)(H,29,30)/t17-,22-/m0/s1. The van der Waals surface area contributed by atoms with E-state index in [0.29, 0.717) is 37.6 Å². The molecule has 2 heterocycles. The fourth-order valence-electron chi connectivity index (χ4n) is 4.67. The lowest BCUT2D eigenvalue weighted by Gasteiger charge is -2.43. The summed E-state index contributed by atoms with van der Waals surface area (Å²) in [7, 11) is 0. The summed E-state index contributed by atoms with van der Waals surface area (Å²) in [6.07, 6.45) is 2.05. The van der Waals surface area contributed by atoms with Crippen LogP contribution in [0.2, 0.25) is 5.02 Å². The number of nitrogens with one attached hydrogen (secondary N) is 1. The number of amides is 1. The maximum Gasteiger partial charge on any atom is 0.335 e. The SMILES string of the molecule is C[C@H](NC(=O)C1(N2CC[C@H](Oc3cccc(Cl)c3)C2)CCOCC1)c1ccc(C(=O)O)cc1. The van der Waals surface area contributed by atoms with Crippen LogP contribution in [0.5, 0.6) is 5.75 Å². The second-order valence-corrected chi connectivity index (χ2v) is 9.13. The average molecular weight is 473 g/mol. The van der Waals surface area contributed by atoms with Crippen molar-refractivity contribution in [2.45, 2.75) is 43.9 Å². The summed E-state index contributed by atoms with van der Waals surface area (Å²) < 4.78 is 11.7. The molecule has 2 N–H and O–H groups in total. The summed E-state index contributed by atoms with van der Waals surface area (Å²) in [6, 6.07) is 13.7. The number of carbonyl (C=O) groups is 2. The van der Waals surface area contributed by atoms with Crippen LogP contribution in [-0.4, -0.2) is 59.8 Å². The molecule has 2 aliphatic rings. The molecule has 2 fully saturated rings. The molecular weight excluding hydrogens is 444 g/mol. The van der Waals surface area contributed by atoms with Crippen LogP contribution in [0.3, 0.4) is 0 Å². The van der Waals surface area contributed by atoms with Crippen LogP contribution in [-0.2, 0) is 9.53 Å². The van der Waals surface area contributed by atoms with E-state index in [1.54, 1.807) is 30.3 Å². The molecule has 0 unspecified atom stereocenters. The Kier molecular flexibility index (Phi) is 7.22. The summed E-state index contributed by atoms with van der Waals surface area (Å²) >= 11 is 6.08. The Labute approximate surface area is 198 Å². The molecule has 33 heavy (non-hydrogen) atoms. The smallest absolute Gasteiger partial charge is 0.335 e. The zero-order valence-corrected chi connectivity index (χ0v) is 19.4. The van der Waals surface area contributed by atoms with E-state index in [1.807, 2.05) is 25.1 Å². The minimum absolute atomic E-state index is 0.0167. The Bertz CT molecular complexity index is 991. The molecule has 2 atom stereocenters. The first-order valence-electron chi connectivity index (χ1n) is 11.3. The van der Waals surface area contributed by atoms with Crippen molar-refractivity contribution in [3.63, 3.8) is 0 Å². The highest BCUT2D eigenvalue weighted by Crippen LogP contribution is 2.34. The molecule has 4 rings (SSSR count). The normalized spacial score (nSPS) is 21.3. The van der Waals surface area contributed by atoms with Gasteiger partial charge in [0.25, 0.3) is 0 Å². The Balaban J connectivity index is 1.45. The van der Waals surface area contributed by atoms with E-state index < -0.39 is 11.5 Å². The van der Waals surface area contributed by atoms with Gasteiger partial charge in [0.2, 0.25) is 5.91 Å². The number of likely N-dealkylation sites (tertiary alicyclic amines) is 1. The molecule has 0 saturated carbocycles. The summed E-state index contributed by atoms with van der Waals surface area (Å²) in [5.41, 5.74) is 0.431. The summed E-state index contributed by atoms with van der Waals surface area (Å²) in [6.45, 7) is 4.40. The molecule has 0 radical (unpaired) electrons. The van der Waals surface area contributed by atoms with Crippen LogP contribution in [0.4, 0.5) is 0 Å². The summed E-state index contributed by atoms with van der Waals surface area (Å²) in [5.74, 6) is -0.259. The second kappa shape index (κ2) is 10.1. The number of hydrogen-bond donors (Lipinski definition) is 2. The monoisotopic (exact) mass is 472 g/mol. The van der Waals surface area contributed by atoms with Gasteiger partial charge in [-0.15, -0.1) is 0 Å². The molecule has 0 bridgehead atoms. The number of carboxylic acids is 1. The fourth-order valence-corrected chi connectivity index (χ4v) is 4.85. The molecule has 0 spiro atoms. The molecule has 8 heteroatoms.